The number of allylic oxidation sites excluding steroid dienone is 3. The minimum Gasteiger partial charge on any atom is -0.367 e. The highest BCUT2D eigenvalue weighted by molar-refractivity contribution is 7.46. The average Bonchev–Trinajstić information content (AvgIpc) is 2.57. The summed E-state index contributed by atoms with van der Waals surface area (Å²) in [6, 6.07) is 0. The van der Waals surface area contributed by atoms with Gasteiger partial charge in [-0.1, -0.05) is 70.1 Å². The Labute approximate surface area is 159 Å². The summed E-state index contributed by atoms with van der Waals surface area (Å²) in [7, 11) is -4.76. The fourth-order valence-electron chi connectivity index (χ4n) is 2.74. The number of phosphoric ester groups is 1. The maximum atomic E-state index is 11.6. The lowest BCUT2D eigenvalue weighted by Gasteiger charge is -2.08. The second-order valence-electron chi connectivity index (χ2n) is 6.66. The summed E-state index contributed by atoms with van der Waals surface area (Å²) in [6.45, 7) is 3.91. The molecule has 0 unspecified atom stereocenters. The zero-order chi connectivity index (χ0) is 19.7. The van der Waals surface area contributed by atoms with Crippen molar-refractivity contribution in [3.05, 3.63) is 23.8 Å². The number of hydrogen-bond donors (Lipinski definition) is 2. The molecule has 0 bridgehead atoms. The molecule has 0 rings (SSSR count). The SMILES string of the molecule is CC=C(CCCCCC/C=C\CCCCCCCC)C(=O)OP(=O)(O)O. The van der Waals surface area contributed by atoms with E-state index in [4.69, 9.17) is 9.79 Å². The van der Waals surface area contributed by atoms with E-state index in [0.29, 0.717) is 12.0 Å². The molecule has 26 heavy (non-hydrogen) atoms. The first-order valence-corrected chi connectivity index (χ1v) is 11.5. The van der Waals surface area contributed by atoms with E-state index in [0.717, 1.165) is 32.1 Å². The molecule has 2 N–H and O–H groups in total. The number of carbonyl (C=O) groups excluding carboxylic acids is 1. The molecule has 0 radical (unpaired) electrons. The van der Waals surface area contributed by atoms with Crippen LogP contribution >= 0.6 is 7.82 Å². The van der Waals surface area contributed by atoms with Crippen LogP contribution in [0.25, 0.3) is 0 Å². The van der Waals surface area contributed by atoms with Gasteiger partial charge in [-0.05, 0) is 45.4 Å². The van der Waals surface area contributed by atoms with Crippen LogP contribution in [0.5, 0.6) is 0 Å². The molecule has 0 aliphatic heterocycles. The minimum absolute atomic E-state index is 0.326. The number of carbonyl (C=O) groups is 1. The molecule has 0 aliphatic carbocycles. The molecule has 0 saturated heterocycles. The lowest BCUT2D eigenvalue weighted by atomic mass is 10.1. The summed E-state index contributed by atoms with van der Waals surface area (Å²) in [5.74, 6) is -0.918. The summed E-state index contributed by atoms with van der Waals surface area (Å²) in [6.07, 6.45) is 20.9. The molecule has 152 valence electrons. The van der Waals surface area contributed by atoms with E-state index in [1.54, 1.807) is 13.0 Å². The summed E-state index contributed by atoms with van der Waals surface area (Å²) in [5, 5.41) is 0. The number of phosphoric acid groups is 1. The largest absolute Gasteiger partial charge is 0.527 e. The van der Waals surface area contributed by atoms with Gasteiger partial charge in [-0.2, -0.15) is 0 Å². The van der Waals surface area contributed by atoms with Gasteiger partial charge < -0.3 is 4.52 Å². The molecule has 0 amide bonds. The predicted molar refractivity (Wildman–Crippen MR) is 107 cm³/mol. The Morgan fingerprint density at radius 2 is 1.38 bits per heavy atom. The Balaban J connectivity index is 3.58. The minimum atomic E-state index is -4.76. The monoisotopic (exact) mass is 388 g/mol. The van der Waals surface area contributed by atoms with Crippen LogP contribution in [0.2, 0.25) is 0 Å². The summed E-state index contributed by atoms with van der Waals surface area (Å²) in [4.78, 5) is 28.9. The summed E-state index contributed by atoms with van der Waals surface area (Å²) in [5.41, 5.74) is 0.326. The van der Waals surface area contributed by atoms with Crippen molar-refractivity contribution >= 4 is 13.8 Å². The van der Waals surface area contributed by atoms with Crippen LogP contribution in [0.4, 0.5) is 0 Å². The molecule has 5 nitrogen and oxygen atoms in total. The van der Waals surface area contributed by atoms with Gasteiger partial charge in [0.2, 0.25) is 0 Å². The average molecular weight is 388 g/mol. The topological polar surface area (TPSA) is 83.8 Å². The fourth-order valence-corrected chi connectivity index (χ4v) is 3.07. The fraction of sp³-hybridized carbons (Fsp3) is 0.750. The van der Waals surface area contributed by atoms with Gasteiger partial charge in [0.05, 0.1) is 0 Å². The van der Waals surface area contributed by atoms with Crippen molar-refractivity contribution in [3.8, 4) is 0 Å². The lowest BCUT2D eigenvalue weighted by Crippen LogP contribution is -2.06. The number of unbranched alkanes of at least 4 members (excludes halogenated alkanes) is 10. The molecule has 0 aromatic heterocycles. The van der Waals surface area contributed by atoms with Crippen molar-refractivity contribution in [2.75, 3.05) is 0 Å². The predicted octanol–water partition coefficient (Wildman–Crippen LogP) is 6.22. The molecular weight excluding hydrogens is 351 g/mol. The third kappa shape index (κ3) is 16.6. The molecule has 0 spiro atoms. The third-order valence-corrected chi connectivity index (χ3v) is 4.67. The summed E-state index contributed by atoms with van der Waals surface area (Å²) < 4.78 is 14.8. The standard InChI is InChI=1S/C20H37O5P/c1-3-5-6-7-8-9-10-11-12-13-14-15-16-17-18-19(4-2)20(21)25-26(22,23)24/h4,11-12H,3,5-10,13-18H2,1-2H3,(H2,22,23,24)/b12-11-,19-4?. The second-order valence-corrected chi connectivity index (χ2v) is 7.83. The molecule has 0 aromatic carbocycles. The first-order chi connectivity index (χ1) is 12.4. The quantitative estimate of drug-likeness (QED) is 0.142. The number of hydrogen-bond acceptors (Lipinski definition) is 3. The van der Waals surface area contributed by atoms with Gasteiger partial charge in [-0.15, -0.1) is 0 Å². The zero-order valence-corrected chi connectivity index (χ0v) is 17.4. The van der Waals surface area contributed by atoms with Gasteiger partial charge in [0.1, 0.15) is 0 Å². The van der Waals surface area contributed by atoms with Gasteiger partial charge in [0.15, 0.2) is 0 Å². The third-order valence-electron chi connectivity index (χ3n) is 4.27. The highest BCUT2D eigenvalue weighted by Gasteiger charge is 2.22. The van der Waals surface area contributed by atoms with Crippen molar-refractivity contribution in [3.63, 3.8) is 0 Å². The first-order valence-electron chi connectivity index (χ1n) is 10.00. The lowest BCUT2D eigenvalue weighted by molar-refractivity contribution is -0.131. The van der Waals surface area contributed by atoms with Crippen LogP contribution in [0, 0.1) is 0 Å². The van der Waals surface area contributed by atoms with E-state index in [-0.39, 0.29) is 0 Å². The van der Waals surface area contributed by atoms with Crippen LogP contribution in [0.1, 0.15) is 97.3 Å². The van der Waals surface area contributed by atoms with Crippen molar-refractivity contribution in [2.45, 2.75) is 97.3 Å². The maximum absolute atomic E-state index is 11.6. The number of rotatable bonds is 16. The van der Waals surface area contributed by atoms with E-state index < -0.39 is 13.8 Å². The maximum Gasteiger partial charge on any atom is 0.527 e. The van der Waals surface area contributed by atoms with E-state index in [1.165, 1.54) is 44.9 Å². The van der Waals surface area contributed by atoms with E-state index in [1.807, 2.05) is 0 Å². The van der Waals surface area contributed by atoms with Crippen molar-refractivity contribution in [2.24, 2.45) is 0 Å². The molecule has 0 aliphatic rings. The van der Waals surface area contributed by atoms with Crippen LogP contribution in [-0.2, 0) is 13.9 Å². The molecule has 6 heteroatoms. The molecule has 0 aromatic rings. The van der Waals surface area contributed by atoms with Crippen molar-refractivity contribution < 1.29 is 23.7 Å². The Hall–Kier alpha value is -0.900. The van der Waals surface area contributed by atoms with Crippen LogP contribution < -0.4 is 0 Å². The van der Waals surface area contributed by atoms with Gasteiger partial charge >= 0.3 is 13.8 Å². The van der Waals surface area contributed by atoms with Crippen LogP contribution in [0.3, 0.4) is 0 Å². The smallest absolute Gasteiger partial charge is 0.367 e. The van der Waals surface area contributed by atoms with Gasteiger partial charge in [0, 0.05) is 5.57 Å². The molecule has 0 saturated carbocycles. The summed E-state index contributed by atoms with van der Waals surface area (Å²) >= 11 is 0. The molecular formula is C20H37O5P. The molecule has 0 heterocycles. The molecule has 0 fully saturated rings. The highest BCUT2D eigenvalue weighted by atomic mass is 31.2. The Morgan fingerprint density at radius 1 is 0.885 bits per heavy atom. The van der Waals surface area contributed by atoms with Crippen LogP contribution in [0.15, 0.2) is 23.8 Å². The Bertz CT molecular complexity index is 465. The van der Waals surface area contributed by atoms with E-state index in [9.17, 15) is 9.36 Å². The normalized spacial score (nSPS) is 12.7. The van der Waals surface area contributed by atoms with Crippen molar-refractivity contribution in [1.29, 1.82) is 0 Å². The van der Waals surface area contributed by atoms with Crippen LogP contribution in [-0.4, -0.2) is 15.8 Å². The van der Waals surface area contributed by atoms with E-state index >= 15 is 0 Å². The molecule has 0 atom stereocenters. The van der Waals surface area contributed by atoms with Gasteiger partial charge in [0.25, 0.3) is 0 Å². The van der Waals surface area contributed by atoms with Gasteiger partial charge in [-0.3, -0.25) is 9.79 Å². The highest BCUT2D eigenvalue weighted by Crippen LogP contribution is 2.37. The van der Waals surface area contributed by atoms with E-state index in [2.05, 4.69) is 23.6 Å². The Morgan fingerprint density at radius 3 is 1.88 bits per heavy atom. The second kappa shape index (κ2) is 16.3. The van der Waals surface area contributed by atoms with Crippen molar-refractivity contribution in [1.82, 2.24) is 0 Å². The Kier molecular flexibility index (Phi) is 15.7. The zero-order valence-electron chi connectivity index (χ0n) is 16.5. The van der Waals surface area contributed by atoms with Gasteiger partial charge in [-0.25, -0.2) is 9.36 Å². The first kappa shape index (κ1) is 25.1.